The van der Waals surface area contributed by atoms with Crippen LogP contribution in [0, 0.1) is 0 Å². The molecular formula is C20H23BrClNO3. The van der Waals surface area contributed by atoms with E-state index in [2.05, 4.69) is 27.3 Å². The van der Waals surface area contributed by atoms with Gasteiger partial charge < -0.3 is 19.5 Å². The van der Waals surface area contributed by atoms with Crippen LogP contribution in [0.25, 0.3) is 0 Å². The maximum Gasteiger partial charge on any atom is 0.175 e. The third-order valence-corrected chi connectivity index (χ3v) is 5.15. The summed E-state index contributed by atoms with van der Waals surface area (Å²) < 4.78 is 18.0. The van der Waals surface area contributed by atoms with Crippen LogP contribution in [0.5, 0.6) is 11.5 Å². The van der Waals surface area contributed by atoms with E-state index < -0.39 is 0 Å². The Balaban J connectivity index is 1.61. The van der Waals surface area contributed by atoms with Gasteiger partial charge in [-0.15, -0.1) is 0 Å². The number of nitrogens with one attached hydrogen (secondary N) is 1. The normalized spacial score (nSPS) is 16.7. The van der Waals surface area contributed by atoms with Gasteiger partial charge in [-0.05, 0) is 64.2 Å². The van der Waals surface area contributed by atoms with Gasteiger partial charge in [0.2, 0.25) is 0 Å². The van der Waals surface area contributed by atoms with E-state index in [-0.39, 0.29) is 0 Å². The Morgan fingerprint density at radius 2 is 2.04 bits per heavy atom. The van der Waals surface area contributed by atoms with Gasteiger partial charge in [-0.2, -0.15) is 0 Å². The SMILES string of the molecule is COc1cc(CNC[C@@H]2CCCO2)cc(Br)c1OCc1ccc(Cl)cc1. The first-order valence-electron chi connectivity index (χ1n) is 8.71. The molecule has 2 aromatic carbocycles. The predicted molar refractivity (Wildman–Crippen MR) is 107 cm³/mol. The molecule has 6 heteroatoms. The second kappa shape index (κ2) is 9.60. The first kappa shape index (κ1) is 19.5. The largest absolute Gasteiger partial charge is 0.493 e. The molecule has 3 rings (SSSR count). The van der Waals surface area contributed by atoms with Crippen molar-refractivity contribution in [1.82, 2.24) is 5.32 Å². The van der Waals surface area contributed by atoms with Crippen LogP contribution < -0.4 is 14.8 Å². The lowest BCUT2D eigenvalue weighted by Crippen LogP contribution is -2.25. The molecule has 0 aliphatic carbocycles. The molecule has 1 saturated heterocycles. The fourth-order valence-corrected chi connectivity index (χ4v) is 3.66. The summed E-state index contributed by atoms with van der Waals surface area (Å²) in [5.41, 5.74) is 2.18. The molecule has 1 aliphatic heterocycles. The molecule has 0 bridgehead atoms. The highest BCUT2D eigenvalue weighted by Gasteiger charge is 2.15. The van der Waals surface area contributed by atoms with Gasteiger partial charge in [-0.3, -0.25) is 0 Å². The van der Waals surface area contributed by atoms with Crippen molar-refractivity contribution >= 4 is 27.5 Å². The van der Waals surface area contributed by atoms with E-state index in [0.29, 0.717) is 29.2 Å². The van der Waals surface area contributed by atoms with Crippen molar-refractivity contribution in [3.8, 4) is 11.5 Å². The molecule has 0 amide bonds. The van der Waals surface area contributed by atoms with Crippen LogP contribution in [0.4, 0.5) is 0 Å². The predicted octanol–water partition coefficient (Wildman–Crippen LogP) is 4.96. The topological polar surface area (TPSA) is 39.7 Å². The molecule has 26 heavy (non-hydrogen) atoms. The van der Waals surface area contributed by atoms with E-state index in [1.54, 1.807) is 7.11 Å². The van der Waals surface area contributed by atoms with Crippen LogP contribution in [0.2, 0.25) is 5.02 Å². The minimum Gasteiger partial charge on any atom is -0.493 e. The van der Waals surface area contributed by atoms with E-state index >= 15 is 0 Å². The highest BCUT2D eigenvalue weighted by Crippen LogP contribution is 2.37. The maximum atomic E-state index is 5.97. The minimum absolute atomic E-state index is 0.335. The van der Waals surface area contributed by atoms with Gasteiger partial charge in [0.1, 0.15) is 6.61 Å². The quantitative estimate of drug-likeness (QED) is 0.630. The molecule has 0 saturated carbocycles. The van der Waals surface area contributed by atoms with Gasteiger partial charge in [-0.25, -0.2) is 0 Å². The van der Waals surface area contributed by atoms with Crippen LogP contribution in [0.3, 0.4) is 0 Å². The molecule has 0 unspecified atom stereocenters. The number of hydrogen-bond acceptors (Lipinski definition) is 4. The van der Waals surface area contributed by atoms with E-state index in [1.807, 2.05) is 30.3 Å². The molecule has 1 heterocycles. The summed E-state index contributed by atoms with van der Waals surface area (Å²) in [7, 11) is 1.65. The Kier molecular flexibility index (Phi) is 7.20. The monoisotopic (exact) mass is 439 g/mol. The summed E-state index contributed by atoms with van der Waals surface area (Å²) in [6.45, 7) is 2.95. The van der Waals surface area contributed by atoms with Crippen molar-refractivity contribution in [2.24, 2.45) is 0 Å². The second-order valence-electron chi connectivity index (χ2n) is 6.29. The van der Waals surface area contributed by atoms with Crippen molar-refractivity contribution in [3.63, 3.8) is 0 Å². The molecule has 0 radical (unpaired) electrons. The summed E-state index contributed by atoms with van der Waals surface area (Å²) in [6, 6.07) is 11.7. The summed E-state index contributed by atoms with van der Waals surface area (Å²) in [5, 5.41) is 4.17. The summed E-state index contributed by atoms with van der Waals surface area (Å²) >= 11 is 9.52. The molecule has 1 N–H and O–H groups in total. The van der Waals surface area contributed by atoms with Crippen LogP contribution in [0.1, 0.15) is 24.0 Å². The number of hydrogen-bond donors (Lipinski definition) is 1. The zero-order chi connectivity index (χ0) is 18.4. The summed E-state index contributed by atoms with van der Waals surface area (Å²) in [5.74, 6) is 1.41. The van der Waals surface area contributed by atoms with Crippen LogP contribution >= 0.6 is 27.5 Å². The third kappa shape index (κ3) is 5.36. The number of rotatable bonds is 8. The van der Waals surface area contributed by atoms with Crippen molar-refractivity contribution < 1.29 is 14.2 Å². The molecule has 1 atom stereocenters. The molecule has 140 valence electrons. The number of ether oxygens (including phenoxy) is 3. The maximum absolute atomic E-state index is 5.97. The fraction of sp³-hybridized carbons (Fsp3) is 0.400. The molecular weight excluding hydrogens is 418 g/mol. The Bertz CT molecular complexity index is 718. The van der Waals surface area contributed by atoms with Gasteiger partial charge in [0.25, 0.3) is 0 Å². The highest BCUT2D eigenvalue weighted by atomic mass is 79.9. The highest BCUT2D eigenvalue weighted by molar-refractivity contribution is 9.10. The molecule has 4 nitrogen and oxygen atoms in total. The van der Waals surface area contributed by atoms with Gasteiger partial charge in [0.15, 0.2) is 11.5 Å². The number of halogens is 2. The second-order valence-corrected chi connectivity index (χ2v) is 7.58. The van der Waals surface area contributed by atoms with E-state index in [9.17, 15) is 0 Å². The van der Waals surface area contributed by atoms with Crippen LogP contribution in [-0.2, 0) is 17.9 Å². The Morgan fingerprint density at radius 1 is 1.23 bits per heavy atom. The smallest absolute Gasteiger partial charge is 0.175 e. The Labute approximate surface area is 167 Å². The third-order valence-electron chi connectivity index (χ3n) is 4.31. The van der Waals surface area contributed by atoms with E-state index in [4.69, 9.17) is 25.8 Å². The average molecular weight is 441 g/mol. The number of methoxy groups -OCH3 is 1. The summed E-state index contributed by atoms with van der Waals surface area (Å²) in [6.07, 6.45) is 2.63. The van der Waals surface area contributed by atoms with Gasteiger partial charge in [-0.1, -0.05) is 23.7 Å². The van der Waals surface area contributed by atoms with Crippen molar-refractivity contribution in [3.05, 3.63) is 57.0 Å². The van der Waals surface area contributed by atoms with Crippen molar-refractivity contribution in [2.45, 2.75) is 32.1 Å². The molecule has 1 aliphatic rings. The van der Waals surface area contributed by atoms with Gasteiger partial charge in [0.05, 0.1) is 17.7 Å². The lowest BCUT2D eigenvalue weighted by Gasteiger charge is -2.16. The zero-order valence-corrected chi connectivity index (χ0v) is 17.1. The Hall–Kier alpha value is -1.27. The van der Waals surface area contributed by atoms with Gasteiger partial charge >= 0.3 is 0 Å². The summed E-state index contributed by atoms with van der Waals surface area (Å²) in [4.78, 5) is 0. The molecule has 1 fully saturated rings. The Morgan fingerprint density at radius 3 is 2.73 bits per heavy atom. The first-order chi connectivity index (χ1) is 12.7. The van der Waals surface area contributed by atoms with Gasteiger partial charge in [0, 0.05) is 24.7 Å². The first-order valence-corrected chi connectivity index (χ1v) is 9.89. The molecule has 0 spiro atoms. The number of benzene rings is 2. The molecule has 0 aromatic heterocycles. The fourth-order valence-electron chi connectivity index (χ4n) is 2.93. The van der Waals surface area contributed by atoms with Crippen LogP contribution in [-0.4, -0.2) is 26.4 Å². The van der Waals surface area contributed by atoms with Crippen molar-refractivity contribution in [2.75, 3.05) is 20.3 Å². The zero-order valence-electron chi connectivity index (χ0n) is 14.8. The minimum atomic E-state index is 0.335. The van der Waals surface area contributed by atoms with E-state index in [0.717, 1.165) is 48.1 Å². The lowest BCUT2D eigenvalue weighted by atomic mass is 10.2. The van der Waals surface area contributed by atoms with E-state index in [1.165, 1.54) is 0 Å². The standard InChI is InChI=1S/C20H23BrClNO3/c1-24-19-10-15(11-23-12-17-3-2-8-25-17)9-18(21)20(19)26-13-14-4-6-16(22)7-5-14/h4-7,9-10,17,23H,2-3,8,11-13H2,1H3/t17-/m0/s1. The van der Waals surface area contributed by atoms with Crippen molar-refractivity contribution in [1.29, 1.82) is 0 Å². The average Bonchev–Trinajstić information content (AvgIpc) is 3.15. The molecule has 2 aromatic rings. The van der Waals surface area contributed by atoms with Crippen LogP contribution in [0.15, 0.2) is 40.9 Å². The lowest BCUT2D eigenvalue weighted by molar-refractivity contribution is 0.110.